The third-order valence-electron chi connectivity index (χ3n) is 4.76. The Morgan fingerprint density at radius 2 is 1.68 bits per heavy atom. The molecule has 0 heterocycles. The molecule has 0 aliphatic heterocycles. The summed E-state index contributed by atoms with van der Waals surface area (Å²) in [5.41, 5.74) is 1.43. The zero-order valence-electron chi connectivity index (χ0n) is 14.3. The van der Waals surface area contributed by atoms with Crippen molar-refractivity contribution in [3.05, 3.63) is 59.7 Å². The molecule has 25 heavy (non-hydrogen) atoms. The molecule has 2 aromatic rings. The summed E-state index contributed by atoms with van der Waals surface area (Å²) in [5, 5.41) is 9.79. The van der Waals surface area contributed by atoms with Crippen LogP contribution in [0, 0.1) is 6.92 Å². The molecule has 0 unspecified atom stereocenters. The quantitative estimate of drug-likeness (QED) is 0.800. The van der Waals surface area contributed by atoms with E-state index in [0.717, 1.165) is 16.9 Å². The average molecular weight is 362 g/mol. The molecule has 0 bridgehead atoms. The van der Waals surface area contributed by atoms with Crippen molar-refractivity contribution < 1.29 is 22.4 Å². The fraction of sp³-hybridized carbons (Fsp3) is 0.368. The number of aryl methyl sites for hydroxylation is 1. The molecule has 3 rings (SSSR count). The van der Waals surface area contributed by atoms with Crippen molar-refractivity contribution in [1.29, 1.82) is 0 Å². The van der Waals surface area contributed by atoms with Crippen LogP contribution in [0.5, 0.6) is 5.75 Å². The Balaban J connectivity index is 1.79. The Kier molecular flexibility index (Phi) is 4.86. The first-order valence-corrected chi connectivity index (χ1v) is 9.54. The van der Waals surface area contributed by atoms with E-state index < -0.39 is 21.6 Å². The van der Waals surface area contributed by atoms with E-state index in [1.807, 2.05) is 31.2 Å². The number of ether oxygens (including phenoxy) is 1. The number of hydrogen-bond acceptors (Lipinski definition) is 5. The number of methoxy groups -OCH3 is 1. The molecular weight excluding hydrogens is 340 g/mol. The number of benzene rings is 2. The maximum Gasteiger partial charge on any atom is 0.297 e. The first-order valence-electron chi connectivity index (χ1n) is 8.13. The van der Waals surface area contributed by atoms with Crippen molar-refractivity contribution in [2.24, 2.45) is 0 Å². The van der Waals surface area contributed by atoms with Crippen LogP contribution < -0.4 is 4.74 Å². The van der Waals surface area contributed by atoms with E-state index in [4.69, 9.17) is 8.92 Å². The van der Waals surface area contributed by atoms with Gasteiger partial charge in [-0.05, 0) is 49.6 Å². The van der Waals surface area contributed by atoms with E-state index >= 15 is 0 Å². The smallest absolute Gasteiger partial charge is 0.297 e. The number of aliphatic hydroxyl groups is 1. The van der Waals surface area contributed by atoms with E-state index in [9.17, 15) is 13.5 Å². The number of rotatable bonds is 6. The first-order chi connectivity index (χ1) is 11.8. The van der Waals surface area contributed by atoms with Gasteiger partial charge in [0.2, 0.25) is 0 Å². The highest BCUT2D eigenvalue weighted by Gasteiger charge is 2.46. The molecule has 5 nitrogen and oxygen atoms in total. The molecule has 1 fully saturated rings. The average Bonchev–Trinajstić information content (AvgIpc) is 2.58. The summed E-state index contributed by atoms with van der Waals surface area (Å²) >= 11 is 0. The van der Waals surface area contributed by atoms with Gasteiger partial charge in [0.15, 0.2) is 0 Å². The minimum Gasteiger partial charge on any atom is -0.497 e. The van der Waals surface area contributed by atoms with Crippen LogP contribution in [-0.2, 0) is 19.7 Å². The summed E-state index contributed by atoms with van der Waals surface area (Å²) in [6, 6.07) is 14.0. The van der Waals surface area contributed by atoms with Crippen LogP contribution in [0.2, 0.25) is 0 Å². The van der Waals surface area contributed by atoms with E-state index in [1.54, 1.807) is 31.4 Å². The van der Waals surface area contributed by atoms with E-state index in [2.05, 4.69) is 0 Å². The minimum absolute atomic E-state index is 0.00655. The van der Waals surface area contributed by atoms with Crippen LogP contribution in [0.25, 0.3) is 0 Å². The monoisotopic (exact) mass is 362 g/mol. The largest absolute Gasteiger partial charge is 0.497 e. The van der Waals surface area contributed by atoms with E-state index in [-0.39, 0.29) is 11.5 Å². The Bertz CT molecular complexity index is 819. The van der Waals surface area contributed by atoms with Crippen LogP contribution in [0.3, 0.4) is 0 Å². The van der Waals surface area contributed by atoms with Crippen molar-refractivity contribution >= 4 is 10.1 Å². The minimum atomic E-state index is -3.83. The lowest BCUT2D eigenvalue weighted by atomic mass is 9.63. The van der Waals surface area contributed by atoms with Crippen LogP contribution in [0.1, 0.15) is 24.0 Å². The summed E-state index contributed by atoms with van der Waals surface area (Å²) < 4.78 is 35.4. The molecule has 0 spiro atoms. The second-order valence-corrected chi connectivity index (χ2v) is 8.22. The molecule has 2 aromatic carbocycles. The molecule has 6 heteroatoms. The van der Waals surface area contributed by atoms with Gasteiger partial charge in [-0.25, -0.2) is 0 Å². The normalized spacial score (nSPS) is 23.1. The predicted octanol–water partition coefficient (Wildman–Crippen LogP) is 2.80. The highest BCUT2D eigenvalue weighted by atomic mass is 32.2. The first kappa shape index (κ1) is 17.9. The standard InChI is InChI=1S/C19H22O5S/c1-14-3-9-18(10-4-14)25(21,22)24-13-19(11-16(20)12-19)15-5-7-17(23-2)8-6-15/h3-10,16,20H,11-13H2,1-2H3. The lowest BCUT2D eigenvalue weighted by Gasteiger charge is -2.45. The van der Waals surface area contributed by atoms with Crippen molar-refractivity contribution in [2.45, 2.75) is 36.2 Å². The van der Waals surface area contributed by atoms with Crippen LogP contribution in [0.15, 0.2) is 53.4 Å². The summed E-state index contributed by atoms with van der Waals surface area (Å²) in [6.45, 7) is 1.90. The highest BCUT2D eigenvalue weighted by Crippen LogP contribution is 2.45. The van der Waals surface area contributed by atoms with Crippen molar-refractivity contribution in [3.8, 4) is 5.75 Å². The lowest BCUT2D eigenvalue weighted by Crippen LogP contribution is -2.48. The molecule has 134 valence electrons. The number of hydrogen-bond donors (Lipinski definition) is 1. The van der Waals surface area contributed by atoms with Gasteiger partial charge in [-0.3, -0.25) is 4.18 Å². The van der Waals surface area contributed by atoms with Crippen molar-refractivity contribution in [2.75, 3.05) is 13.7 Å². The Morgan fingerprint density at radius 1 is 1.08 bits per heavy atom. The molecule has 1 aliphatic rings. The number of aliphatic hydroxyl groups excluding tert-OH is 1. The molecule has 1 N–H and O–H groups in total. The van der Waals surface area contributed by atoms with Gasteiger partial charge in [-0.1, -0.05) is 29.8 Å². The fourth-order valence-electron chi connectivity index (χ4n) is 3.19. The molecule has 0 atom stereocenters. The molecule has 1 saturated carbocycles. The maximum absolute atomic E-state index is 12.4. The van der Waals surface area contributed by atoms with Gasteiger partial charge in [0.05, 0.1) is 24.7 Å². The predicted molar refractivity (Wildman–Crippen MR) is 94.2 cm³/mol. The lowest BCUT2D eigenvalue weighted by molar-refractivity contribution is -0.00553. The van der Waals surface area contributed by atoms with Crippen LogP contribution in [-0.4, -0.2) is 33.3 Å². The van der Waals surface area contributed by atoms with E-state index in [1.165, 1.54) is 0 Å². The third kappa shape index (κ3) is 3.71. The molecular formula is C19H22O5S. The third-order valence-corrected chi connectivity index (χ3v) is 6.03. The molecule has 0 radical (unpaired) electrons. The second kappa shape index (κ2) is 6.78. The summed E-state index contributed by atoms with van der Waals surface area (Å²) in [4.78, 5) is 0.142. The van der Waals surface area contributed by atoms with Gasteiger partial charge >= 0.3 is 0 Å². The Labute approximate surface area is 148 Å². The Morgan fingerprint density at radius 3 is 2.20 bits per heavy atom. The zero-order chi connectivity index (χ0) is 18.1. The van der Waals surface area contributed by atoms with Gasteiger partial charge in [0.25, 0.3) is 10.1 Å². The van der Waals surface area contributed by atoms with Crippen molar-refractivity contribution in [1.82, 2.24) is 0 Å². The summed E-state index contributed by atoms with van der Waals surface area (Å²) in [5.74, 6) is 0.729. The zero-order valence-corrected chi connectivity index (χ0v) is 15.1. The molecule has 0 amide bonds. The Hall–Kier alpha value is -1.89. The van der Waals surface area contributed by atoms with E-state index in [0.29, 0.717) is 12.8 Å². The SMILES string of the molecule is COc1ccc(C2(COS(=O)(=O)c3ccc(C)cc3)CC(O)C2)cc1. The summed E-state index contributed by atoms with van der Waals surface area (Å²) in [7, 11) is -2.24. The summed E-state index contributed by atoms with van der Waals surface area (Å²) in [6.07, 6.45) is 0.513. The molecule has 0 aromatic heterocycles. The van der Waals surface area contributed by atoms with Crippen LogP contribution >= 0.6 is 0 Å². The second-order valence-electron chi connectivity index (χ2n) is 6.60. The topological polar surface area (TPSA) is 72.8 Å². The van der Waals surface area contributed by atoms with Crippen LogP contribution in [0.4, 0.5) is 0 Å². The fourth-order valence-corrected chi connectivity index (χ4v) is 4.17. The van der Waals surface area contributed by atoms with Crippen molar-refractivity contribution in [3.63, 3.8) is 0 Å². The maximum atomic E-state index is 12.4. The van der Waals surface area contributed by atoms with Gasteiger partial charge in [0.1, 0.15) is 5.75 Å². The van der Waals surface area contributed by atoms with Gasteiger partial charge in [-0.15, -0.1) is 0 Å². The van der Waals surface area contributed by atoms with Gasteiger partial charge in [-0.2, -0.15) is 8.42 Å². The molecule has 0 saturated heterocycles. The van der Waals surface area contributed by atoms with Gasteiger partial charge < -0.3 is 9.84 Å². The molecule has 1 aliphatic carbocycles. The van der Waals surface area contributed by atoms with Gasteiger partial charge in [0, 0.05) is 5.41 Å². The highest BCUT2D eigenvalue weighted by molar-refractivity contribution is 7.86.